The van der Waals surface area contributed by atoms with E-state index in [4.69, 9.17) is 15.2 Å². The summed E-state index contributed by atoms with van der Waals surface area (Å²) >= 11 is 0. The van der Waals surface area contributed by atoms with Crippen LogP contribution in [0.1, 0.15) is 16.2 Å². The van der Waals surface area contributed by atoms with Crippen molar-refractivity contribution >= 4 is 5.91 Å². The Kier molecular flexibility index (Phi) is 4.46. The molecule has 3 rings (SSSR count). The highest BCUT2D eigenvalue weighted by atomic mass is 16.5. The quantitative estimate of drug-likeness (QED) is 0.686. The lowest BCUT2D eigenvalue weighted by Crippen LogP contribution is -2.16. The van der Waals surface area contributed by atoms with Crippen LogP contribution in [0.15, 0.2) is 42.7 Å². The number of amides is 1. The van der Waals surface area contributed by atoms with Crippen LogP contribution in [0, 0.1) is 0 Å². The van der Waals surface area contributed by atoms with Gasteiger partial charge in [-0.15, -0.1) is 5.10 Å². The SMILES string of the molecule is COc1ccc(COc2ccc(O)c(-n3nncc3C(N)=O)c2)nc1. The molecule has 1 amide bonds. The number of carbonyl (C=O) groups is 1. The van der Waals surface area contributed by atoms with E-state index >= 15 is 0 Å². The Morgan fingerprint density at radius 3 is 2.72 bits per heavy atom. The molecule has 0 aliphatic rings. The maximum Gasteiger partial charge on any atom is 0.269 e. The van der Waals surface area contributed by atoms with E-state index in [1.165, 1.54) is 18.3 Å². The number of pyridine rings is 1. The van der Waals surface area contributed by atoms with Crippen molar-refractivity contribution in [3.8, 4) is 22.9 Å². The number of hydrogen-bond donors (Lipinski definition) is 2. The largest absolute Gasteiger partial charge is 0.506 e. The Hall–Kier alpha value is -3.62. The van der Waals surface area contributed by atoms with Crippen LogP contribution in [0.5, 0.6) is 17.2 Å². The summed E-state index contributed by atoms with van der Waals surface area (Å²) in [5.74, 6) is 0.304. The first-order chi connectivity index (χ1) is 12.1. The number of phenols is 1. The van der Waals surface area contributed by atoms with E-state index in [-0.39, 0.29) is 23.7 Å². The number of carbonyl (C=O) groups excluding carboxylic acids is 1. The van der Waals surface area contributed by atoms with E-state index in [9.17, 15) is 9.90 Å². The van der Waals surface area contributed by atoms with Crippen molar-refractivity contribution in [2.24, 2.45) is 5.73 Å². The van der Waals surface area contributed by atoms with Crippen LogP contribution < -0.4 is 15.2 Å². The van der Waals surface area contributed by atoms with Gasteiger partial charge < -0.3 is 20.3 Å². The van der Waals surface area contributed by atoms with Gasteiger partial charge in [-0.05, 0) is 24.3 Å². The molecule has 9 nitrogen and oxygen atoms in total. The third-order valence-electron chi connectivity index (χ3n) is 3.40. The number of aromatic nitrogens is 4. The van der Waals surface area contributed by atoms with E-state index in [1.54, 1.807) is 31.5 Å². The van der Waals surface area contributed by atoms with E-state index in [2.05, 4.69) is 15.3 Å². The maximum atomic E-state index is 11.4. The van der Waals surface area contributed by atoms with Crippen molar-refractivity contribution in [3.63, 3.8) is 0 Å². The molecular formula is C16H15N5O4. The number of hydrogen-bond acceptors (Lipinski definition) is 7. The average Bonchev–Trinajstić information content (AvgIpc) is 3.11. The summed E-state index contributed by atoms with van der Waals surface area (Å²) in [6.07, 6.45) is 2.81. The average molecular weight is 341 g/mol. The molecule has 0 atom stereocenters. The van der Waals surface area contributed by atoms with Crippen molar-refractivity contribution < 1.29 is 19.4 Å². The zero-order valence-electron chi connectivity index (χ0n) is 13.3. The van der Waals surface area contributed by atoms with Gasteiger partial charge in [0.2, 0.25) is 0 Å². The first-order valence-corrected chi connectivity index (χ1v) is 7.24. The fourth-order valence-corrected chi connectivity index (χ4v) is 2.12. The van der Waals surface area contributed by atoms with Gasteiger partial charge in [0.25, 0.3) is 5.91 Å². The Morgan fingerprint density at radius 2 is 2.04 bits per heavy atom. The van der Waals surface area contributed by atoms with Crippen molar-refractivity contribution in [2.45, 2.75) is 6.61 Å². The number of phenolic OH excluding ortho intramolecular Hbond substituents is 1. The summed E-state index contributed by atoms with van der Waals surface area (Å²) < 4.78 is 11.9. The fourth-order valence-electron chi connectivity index (χ4n) is 2.12. The van der Waals surface area contributed by atoms with E-state index in [1.807, 2.05) is 0 Å². The van der Waals surface area contributed by atoms with Gasteiger partial charge in [-0.25, -0.2) is 4.68 Å². The number of aromatic hydroxyl groups is 1. The van der Waals surface area contributed by atoms with Crippen LogP contribution in [0.25, 0.3) is 5.69 Å². The highest BCUT2D eigenvalue weighted by Gasteiger charge is 2.15. The Bertz CT molecular complexity index is 892. The number of benzene rings is 1. The lowest BCUT2D eigenvalue weighted by atomic mass is 10.2. The van der Waals surface area contributed by atoms with E-state index in [0.717, 1.165) is 4.68 Å². The first kappa shape index (κ1) is 16.2. The van der Waals surface area contributed by atoms with Gasteiger partial charge in [-0.1, -0.05) is 5.21 Å². The zero-order chi connectivity index (χ0) is 17.8. The Labute approximate surface area is 142 Å². The summed E-state index contributed by atoms with van der Waals surface area (Å²) in [5.41, 5.74) is 6.25. The predicted octanol–water partition coefficient (Wildman–Crippen LogP) is 1.05. The number of nitrogens with zero attached hydrogens (tertiary/aromatic N) is 4. The zero-order valence-corrected chi connectivity index (χ0v) is 13.3. The molecule has 128 valence electrons. The molecule has 0 aliphatic carbocycles. The molecule has 2 aromatic heterocycles. The number of primary amides is 1. The highest BCUT2D eigenvalue weighted by molar-refractivity contribution is 5.91. The minimum Gasteiger partial charge on any atom is -0.506 e. The van der Waals surface area contributed by atoms with Crippen LogP contribution in [0.4, 0.5) is 0 Å². The molecule has 9 heteroatoms. The van der Waals surface area contributed by atoms with Gasteiger partial charge in [0.1, 0.15) is 29.5 Å². The second kappa shape index (κ2) is 6.87. The molecule has 2 heterocycles. The summed E-state index contributed by atoms with van der Waals surface area (Å²) in [6.45, 7) is 0.217. The molecule has 0 saturated carbocycles. The third-order valence-corrected chi connectivity index (χ3v) is 3.40. The Morgan fingerprint density at radius 1 is 1.24 bits per heavy atom. The van der Waals surface area contributed by atoms with Crippen molar-refractivity contribution in [3.05, 3.63) is 54.1 Å². The summed E-state index contributed by atoms with van der Waals surface area (Å²) in [6, 6.07) is 8.10. The lowest BCUT2D eigenvalue weighted by molar-refractivity contribution is 0.0993. The van der Waals surface area contributed by atoms with Gasteiger partial charge >= 0.3 is 0 Å². The molecule has 0 aliphatic heterocycles. The minimum atomic E-state index is -0.710. The Balaban J connectivity index is 1.81. The van der Waals surface area contributed by atoms with Gasteiger partial charge in [0.05, 0.1) is 25.2 Å². The molecule has 0 fully saturated rings. The molecule has 1 aromatic carbocycles. The monoisotopic (exact) mass is 341 g/mol. The summed E-state index contributed by atoms with van der Waals surface area (Å²) in [5, 5.41) is 17.4. The van der Waals surface area contributed by atoms with Crippen LogP contribution in [-0.2, 0) is 6.61 Å². The molecule has 0 unspecified atom stereocenters. The standard InChI is InChI=1S/C16H15N5O4/c1-24-12-3-2-10(18-7-12)9-25-11-4-5-15(22)13(6-11)21-14(16(17)23)8-19-20-21/h2-8,22H,9H2,1H3,(H2,17,23). The molecule has 3 N–H and O–H groups in total. The van der Waals surface area contributed by atoms with Crippen molar-refractivity contribution in [1.82, 2.24) is 20.0 Å². The van der Waals surface area contributed by atoms with Crippen LogP contribution >= 0.6 is 0 Å². The van der Waals surface area contributed by atoms with Crippen molar-refractivity contribution in [2.75, 3.05) is 7.11 Å². The molecule has 0 spiro atoms. The lowest BCUT2D eigenvalue weighted by Gasteiger charge is -2.10. The van der Waals surface area contributed by atoms with Crippen LogP contribution in [0.2, 0.25) is 0 Å². The van der Waals surface area contributed by atoms with E-state index < -0.39 is 5.91 Å². The molecule has 0 bridgehead atoms. The second-order valence-electron chi connectivity index (χ2n) is 5.02. The number of nitrogens with two attached hydrogens (primary N) is 1. The van der Waals surface area contributed by atoms with Crippen molar-refractivity contribution in [1.29, 1.82) is 0 Å². The molecule has 0 saturated heterocycles. The number of rotatable bonds is 6. The molecule has 3 aromatic rings. The number of ether oxygens (including phenoxy) is 2. The highest BCUT2D eigenvalue weighted by Crippen LogP contribution is 2.27. The van der Waals surface area contributed by atoms with Crippen LogP contribution in [-0.4, -0.2) is 38.1 Å². The summed E-state index contributed by atoms with van der Waals surface area (Å²) in [4.78, 5) is 15.6. The van der Waals surface area contributed by atoms with Crippen LogP contribution in [0.3, 0.4) is 0 Å². The van der Waals surface area contributed by atoms with Gasteiger partial charge in [-0.3, -0.25) is 9.78 Å². The number of methoxy groups -OCH3 is 1. The second-order valence-corrected chi connectivity index (χ2v) is 5.02. The molecule has 0 radical (unpaired) electrons. The van der Waals surface area contributed by atoms with Gasteiger partial charge in [0, 0.05) is 6.07 Å². The summed E-state index contributed by atoms with van der Waals surface area (Å²) in [7, 11) is 1.57. The third kappa shape index (κ3) is 3.50. The van der Waals surface area contributed by atoms with Gasteiger partial charge in [0.15, 0.2) is 5.69 Å². The first-order valence-electron chi connectivity index (χ1n) is 7.24. The smallest absolute Gasteiger partial charge is 0.269 e. The maximum absolute atomic E-state index is 11.4. The predicted molar refractivity (Wildman–Crippen MR) is 86.7 cm³/mol. The molecular weight excluding hydrogens is 326 g/mol. The van der Waals surface area contributed by atoms with E-state index in [0.29, 0.717) is 17.2 Å². The fraction of sp³-hybridized carbons (Fsp3) is 0.125. The minimum absolute atomic E-state index is 0.0456. The normalized spacial score (nSPS) is 10.4. The van der Waals surface area contributed by atoms with Gasteiger partial charge in [-0.2, -0.15) is 0 Å². The molecule has 25 heavy (non-hydrogen) atoms. The topological polar surface area (TPSA) is 125 Å².